The van der Waals surface area contributed by atoms with E-state index in [0.29, 0.717) is 22.1 Å². The Morgan fingerprint density at radius 1 is 1.10 bits per heavy atom. The molecular weight excluding hydrogens is 412 g/mol. The standard InChI is InChI=1S/C23H21ClN6O/c1-14(17-9-11-18(24)12-10-17)25-28-23(31)21-13-20(26-27-21)22-15(2)29-30(16(22)3)19-7-5-4-6-8-19/h4-13H,1-3H3,(H,26,27)(H,28,31)/b25-14+. The van der Waals surface area contributed by atoms with Crippen LogP contribution in [0.25, 0.3) is 16.9 Å². The molecule has 156 valence electrons. The fourth-order valence-electron chi connectivity index (χ4n) is 3.35. The molecule has 0 saturated heterocycles. The number of halogens is 1. The van der Waals surface area contributed by atoms with Crippen molar-refractivity contribution in [3.05, 3.63) is 88.3 Å². The molecule has 2 N–H and O–H groups in total. The number of benzene rings is 2. The molecule has 0 fully saturated rings. The first-order valence-electron chi connectivity index (χ1n) is 9.72. The minimum absolute atomic E-state index is 0.314. The lowest BCUT2D eigenvalue weighted by Crippen LogP contribution is -2.19. The number of H-pyrrole nitrogens is 1. The van der Waals surface area contributed by atoms with Gasteiger partial charge in [0, 0.05) is 10.6 Å². The Kier molecular flexibility index (Phi) is 5.68. The maximum atomic E-state index is 12.5. The number of carbonyl (C=O) groups is 1. The van der Waals surface area contributed by atoms with E-state index in [1.54, 1.807) is 18.2 Å². The highest BCUT2D eigenvalue weighted by atomic mass is 35.5. The van der Waals surface area contributed by atoms with Crippen LogP contribution in [-0.2, 0) is 0 Å². The molecule has 2 heterocycles. The molecule has 0 aliphatic carbocycles. The summed E-state index contributed by atoms with van der Waals surface area (Å²) in [5.74, 6) is -0.377. The van der Waals surface area contributed by atoms with Crippen LogP contribution < -0.4 is 5.43 Å². The van der Waals surface area contributed by atoms with E-state index in [0.717, 1.165) is 28.2 Å². The number of para-hydroxylation sites is 1. The predicted octanol–water partition coefficient (Wildman–Crippen LogP) is 4.69. The van der Waals surface area contributed by atoms with Crippen LogP contribution in [0.4, 0.5) is 0 Å². The Hall–Kier alpha value is -3.71. The van der Waals surface area contributed by atoms with Gasteiger partial charge in [0.25, 0.3) is 5.91 Å². The summed E-state index contributed by atoms with van der Waals surface area (Å²) in [6, 6.07) is 18.8. The third-order valence-corrected chi connectivity index (χ3v) is 5.21. The quantitative estimate of drug-likeness (QED) is 0.354. The highest BCUT2D eigenvalue weighted by Gasteiger charge is 2.19. The topological polar surface area (TPSA) is 88.0 Å². The lowest BCUT2D eigenvalue weighted by atomic mass is 10.1. The number of nitrogens with one attached hydrogen (secondary N) is 2. The summed E-state index contributed by atoms with van der Waals surface area (Å²) in [5, 5.41) is 16.6. The van der Waals surface area contributed by atoms with E-state index >= 15 is 0 Å². The molecule has 31 heavy (non-hydrogen) atoms. The maximum absolute atomic E-state index is 12.5. The van der Waals surface area contributed by atoms with Crippen LogP contribution in [0.15, 0.2) is 65.8 Å². The van der Waals surface area contributed by atoms with Crippen LogP contribution in [0.3, 0.4) is 0 Å². The van der Waals surface area contributed by atoms with Crippen molar-refractivity contribution in [1.82, 2.24) is 25.4 Å². The summed E-state index contributed by atoms with van der Waals surface area (Å²) in [7, 11) is 0. The Labute approximate surface area is 184 Å². The molecule has 0 aliphatic heterocycles. The van der Waals surface area contributed by atoms with E-state index in [1.165, 1.54) is 0 Å². The molecule has 1 amide bonds. The van der Waals surface area contributed by atoms with Gasteiger partial charge in [-0.15, -0.1) is 0 Å². The summed E-state index contributed by atoms with van der Waals surface area (Å²) < 4.78 is 1.87. The Bertz CT molecular complexity index is 1260. The Balaban J connectivity index is 1.54. The molecule has 0 saturated carbocycles. The van der Waals surface area contributed by atoms with Gasteiger partial charge in [0.15, 0.2) is 0 Å². The van der Waals surface area contributed by atoms with Crippen molar-refractivity contribution in [2.45, 2.75) is 20.8 Å². The second-order valence-electron chi connectivity index (χ2n) is 7.11. The Morgan fingerprint density at radius 3 is 2.52 bits per heavy atom. The van der Waals surface area contributed by atoms with E-state index in [2.05, 4.69) is 25.8 Å². The molecule has 2 aromatic heterocycles. The molecule has 0 aliphatic rings. The second kappa shape index (κ2) is 8.57. The number of hydrogen-bond donors (Lipinski definition) is 2. The van der Waals surface area contributed by atoms with Crippen LogP contribution in [-0.4, -0.2) is 31.6 Å². The van der Waals surface area contributed by atoms with Gasteiger partial charge in [-0.3, -0.25) is 9.89 Å². The molecule has 0 atom stereocenters. The zero-order valence-corrected chi connectivity index (χ0v) is 18.1. The van der Waals surface area contributed by atoms with Crippen molar-refractivity contribution in [3.8, 4) is 16.9 Å². The largest absolute Gasteiger partial charge is 0.289 e. The maximum Gasteiger partial charge on any atom is 0.289 e. The van der Waals surface area contributed by atoms with Crippen molar-refractivity contribution < 1.29 is 4.79 Å². The average molecular weight is 433 g/mol. The third kappa shape index (κ3) is 4.27. The van der Waals surface area contributed by atoms with Crippen LogP contribution in [0.1, 0.15) is 34.4 Å². The van der Waals surface area contributed by atoms with Crippen LogP contribution >= 0.6 is 11.6 Å². The number of hydrazone groups is 1. The second-order valence-corrected chi connectivity index (χ2v) is 7.54. The molecule has 0 radical (unpaired) electrons. The number of nitrogens with zero attached hydrogens (tertiary/aromatic N) is 4. The first-order chi connectivity index (χ1) is 14.9. The van der Waals surface area contributed by atoms with Gasteiger partial charge in [-0.2, -0.15) is 15.3 Å². The summed E-state index contributed by atoms with van der Waals surface area (Å²) in [6.07, 6.45) is 0. The van der Waals surface area contributed by atoms with Gasteiger partial charge >= 0.3 is 0 Å². The number of aromatic nitrogens is 4. The fraction of sp³-hybridized carbons (Fsp3) is 0.130. The van der Waals surface area contributed by atoms with Gasteiger partial charge in [-0.25, -0.2) is 10.1 Å². The summed E-state index contributed by atoms with van der Waals surface area (Å²) in [5.41, 5.74) is 8.69. The lowest BCUT2D eigenvalue weighted by Gasteiger charge is -2.04. The highest BCUT2D eigenvalue weighted by Crippen LogP contribution is 2.27. The molecule has 8 heteroatoms. The van der Waals surface area contributed by atoms with E-state index in [1.807, 2.05) is 67.9 Å². The van der Waals surface area contributed by atoms with Crippen molar-refractivity contribution in [3.63, 3.8) is 0 Å². The molecule has 0 spiro atoms. The van der Waals surface area contributed by atoms with Crippen LogP contribution in [0, 0.1) is 13.8 Å². The molecule has 4 rings (SSSR count). The minimum Gasteiger partial charge on any atom is -0.272 e. The summed E-state index contributed by atoms with van der Waals surface area (Å²) in [6.45, 7) is 5.72. The molecular formula is C23H21ClN6O. The smallest absolute Gasteiger partial charge is 0.272 e. The van der Waals surface area contributed by atoms with Crippen molar-refractivity contribution >= 4 is 23.2 Å². The third-order valence-electron chi connectivity index (χ3n) is 4.96. The monoisotopic (exact) mass is 432 g/mol. The molecule has 7 nitrogen and oxygen atoms in total. The summed E-state index contributed by atoms with van der Waals surface area (Å²) >= 11 is 5.91. The van der Waals surface area contributed by atoms with Gasteiger partial charge in [0.1, 0.15) is 5.69 Å². The summed E-state index contributed by atoms with van der Waals surface area (Å²) in [4.78, 5) is 12.5. The van der Waals surface area contributed by atoms with Gasteiger partial charge < -0.3 is 0 Å². The number of hydrogen-bond acceptors (Lipinski definition) is 4. The predicted molar refractivity (Wildman–Crippen MR) is 122 cm³/mol. The molecule has 2 aromatic carbocycles. The molecule has 0 unspecified atom stereocenters. The van der Waals surface area contributed by atoms with E-state index in [4.69, 9.17) is 11.6 Å². The normalized spacial score (nSPS) is 11.5. The SMILES string of the molecule is C/C(=N\NC(=O)c1cc(-c2c(C)nn(-c3ccccc3)c2C)n[nH]1)c1ccc(Cl)cc1. The first kappa shape index (κ1) is 20.6. The lowest BCUT2D eigenvalue weighted by molar-refractivity contribution is 0.0950. The van der Waals surface area contributed by atoms with Crippen LogP contribution in [0.5, 0.6) is 0 Å². The first-order valence-corrected chi connectivity index (χ1v) is 10.1. The number of aromatic amines is 1. The van der Waals surface area contributed by atoms with Crippen molar-refractivity contribution in [2.24, 2.45) is 5.10 Å². The van der Waals surface area contributed by atoms with Crippen molar-refractivity contribution in [1.29, 1.82) is 0 Å². The average Bonchev–Trinajstić information content (AvgIpc) is 3.37. The van der Waals surface area contributed by atoms with Crippen molar-refractivity contribution in [2.75, 3.05) is 0 Å². The van der Waals surface area contributed by atoms with E-state index in [-0.39, 0.29) is 5.91 Å². The van der Waals surface area contributed by atoms with Gasteiger partial charge in [-0.1, -0.05) is 41.9 Å². The van der Waals surface area contributed by atoms with E-state index < -0.39 is 0 Å². The highest BCUT2D eigenvalue weighted by molar-refractivity contribution is 6.30. The minimum atomic E-state index is -0.377. The Morgan fingerprint density at radius 2 is 1.81 bits per heavy atom. The zero-order chi connectivity index (χ0) is 22.0. The number of aryl methyl sites for hydroxylation is 1. The van der Waals surface area contributed by atoms with Gasteiger partial charge in [0.2, 0.25) is 0 Å². The van der Waals surface area contributed by atoms with E-state index in [9.17, 15) is 4.79 Å². The number of amides is 1. The molecule has 4 aromatic rings. The number of rotatable bonds is 5. The number of carbonyl (C=O) groups excluding carboxylic acids is 1. The fourth-order valence-corrected chi connectivity index (χ4v) is 3.48. The van der Waals surface area contributed by atoms with Gasteiger partial charge in [0.05, 0.1) is 28.5 Å². The van der Waals surface area contributed by atoms with Crippen LogP contribution in [0.2, 0.25) is 5.02 Å². The zero-order valence-electron chi connectivity index (χ0n) is 17.3. The van der Waals surface area contributed by atoms with Gasteiger partial charge in [-0.05, 0) is 56.7 Å². The molecule has 0 bridgehead atoms.